The lowest BCUT2D eigenvalue weighted by Gasteiger charge is -2.37. The number of nitrogens with zero attached hydrogens (tertiary/aromatic N) is 3. The maximum Gasteiger partial charge on any atom is 0.313 e. The third-order valence-electron chi connectivity index (χ3n) is 4.78. The van der Waals surface area contributed by atoms with E-state index in [1.165, 1.54) is 0 Å². The van der Waals surface area contributed by atoms with Crippen molar-refractivity contribution in [3.63, 3.8) is 0 Å². The summed E-state index contributed by atoms with van der Waals surface area (Å²) in [6.07, 6.45) is 1.42. The van der Waals surface area contributed by atoms with Gasteiger partial charge in [0.2, 0.25) is 5.88 Å². The molecule has 1 aliphatic heterocycles. The van der Waals surface area contributed by atoms with Gasteiger partial charge in [-0.15, -0.1) is 0 Å². The van der Waals surface area contributed by atoms with Crippen LogP contribution in [-0.4, -0.2) is 49.6 Å². The van der Waals surface area contributed by atoms with E-state index in [-0.39, 0.29) is 18.9 Å². The molecular weight excluding hydrogens is 389 g/mol. The molecule has 0 amide bonds. The van der Waals surface area contributed by atoms with Crippen molar-refractivity contribution in [1.82, 2.24) is 4.98 Å². The summed E-state index contributed by atoms with van der Waals surface area (Å²) in [7, 11) is 0. The number of hydrogen-bond acceptors (Lipinski definition) is 7. The molecule has 1 aliphatic rings. The standard InChI is InChI=1S/C21H26FN5O3/c1-2-29-19-12-16(6-7-25-19)26-8-10-27(11-9-26)17-5-3-4-15(21(17)22)14-30-20(28)13-18(23)24/h3-7,12H,2,8-11,13-14H2,1H3,(H3,23,24). The van der Waals surface area contributed by atoms with Gasteiger partial charge in [0.1, 0.15) is 18.9 Å². The number of anilines is 2. The number of benzene rings is 1. The van der Waals surface area contributed by atoms with Crippen LogP contribution in [-0.2, 0) is 16.1 Å². The fourth-order valence-electron chi connectivity index (χ4n) is 3.31. The topological polar surface area (TPSA) is 105 Å². The molecule has 1 aromatic carbocycles. The highest BCUT2D eigenvalue weighted by atomic mass is 19.1. The average molecular weight is 415 g/mol. The summed E-state index contributed by atoms with van der Waals surface area (Å²) in [4.78, 5) is 20.0. The minimum Gasteiger partial charge on any atom is -0.478 e. The average Bonchev–Trinajstić information content (AvgIpc) is 2.73. The van der Waals surface area contributed by atoms with Crippen molar-refractivity contribution < 1.29 is 18.7 Å². The van der Waals surface area contributed by atoms with E-state index in [2.05, 4.69) is 9.88 Å². The van der Waals surface area contributed by atoms with Gasteiger partial charge in [0.05, 0.1) is 12.3 Å². The maximum atomic E-state index is 15.0. The van der Waals surface area contributed by atoms with Crippen LogP contribution in [0.15, 0.2) is 36.5 Å². The number of aromatic nitrogens is 1. The molecule has 2 aromatic rings. The first kappa shape index (κ1) is 21.4. The van der Waals surface area contributed by atoms with E-state index in [0.717, 1.165) is 18.8 Å². The van der Waals surface area contributed by atoms with Crippen LogP contribution in [0.1, 0.15) is 18.9 Å². The van der Waals surface area contributed by atoms with Gasteiger partial charge in [0, 0.05) is 49.7 Å². The summed E-state index contributed by atoms with van der Waals surface area (Å²) in [5.74, 6) is -0.737. The van der Waals surface area contributed by atoms with Gasteiger partial charge in [-0.05, 0) is 19.1 Å². The second-order valence-electron chi connectivity index (χ2n) is 6.87. The number of esters is 1. The maximum absolute atomic E-state index is 15.0. The van der Waals surface area contributed by atoms with Crippen LogP contribution in [0.4, 0.5) is 15.8 Å². The predicted molar refractivity (Wildman–Crippen MR) is 113 cm³/mol. The zero-order valence-electron chi connectivity index (χ0n) is 16.9. The molecule has 1 aromatic heterocycles. The minimum absolute atomic E-state index is 0.191. The lowest BCUT2D eigenvalue weighted by molar-refractivity contribution is -0.143. The van der Waals surface area contributed by atoms with E-state index < -0.39 is 11.8 Å². The lowest BCUT2D eigenvalue weighted by Crippen LogP contribution is -2.46. The van der Waals surface area contributed by atoms with E-state index in [4.69, 9.17) is 20.6 Å². The van der Waals surface area contributed by atoms with Gasteiger partial charge >= 0.3 is 5.97 Å². The van der Waals surface area contributed by atoms with Gasteiger partial charge < -0.3 is 25.0 Å². The minimum atomic E-state index is -0.648. The lowest BCUT2D eigenvalue weighted by atomic mass is 10.1. The fourth-order valence-corrected chi connectivity index (χ4v) is 3.31. The van der Waals surface area contributed by atoms with Gasteiger partial charge in [0.25, 0.3) is 0 Å². The predicted octanol–water partition coefficient (Wildman–Crippen LogP) is 2.32. The van der Waals surface area contributed by atoms with Crippen molar-refractivity contribution in [3.8, 4) is 5.88 Å². The van der Waals surface area contributed by atoms with Crippen molar-refractivity contribution in [2.45, 2.75) is 20.0 Å². The number of nitrogens with one attached hydrogen (secondary N) is 1. The quantitative estimate of drug-likeness (QED) is 0.387. The van der Waals surface area contributed by atoms with Crippen molar-refractivity contribution in [1.29, 1.82) is 5.41 Å². The molecule has 0 spiro atoms. The number of carbonyl (C=O) groups excluding carboxylic acids is 1. The van der Waals surface area contributed by atoms with Crippen LogP contribution in [0.3, 0.4) is 0 Å². The molecule has 0 unspecified atom stereocenters. The summed E-state index contributed by atoms with van der Waals surface area (Å²) in [5, 5.41) is 7.11. The molecule has 0 saturated carbocycles. The van der Waals surface area contributed by atoms with Crippen LogP contribution in [0.25, 0.3) is 0 Å². The number of amidine groups is 1. The number of piperazine rings is 1. The molecule has 8 nitrogen and oxygen atoms in total. The Balaban J connectivity index is 1.62. The van der Waals surface area contributed by atoms with Crippen molar-refractivity contribution in [2.24, 2.45) is 5.73 Å². The van der Waals surface area contributed by atoms with Crippen LogP contribution >= 0.6 is 0 Å². The van der Waals surface area contributed by atoms with Crippen LogP contribution < -0.4 is 20.3 Å². The number of halogens is 1. The second-order valence-corrected chi connectivity index (χ2v) is 6.87. The molecular formula is C21H26FN5O3. The summed E-state index contributed by atoms with van der Waals surface area (Å²) in [5.41, 5.74) is 6.98. The first-order valence-corrected chi connectivity index (χ1v) is 9.82. The van der Waals surface area contributed by atoms with Gasteiger partial charge in [0.15, 0.2) is 5.82 Å². The van der Waals surface area contributed by atoms with Crippen molar-refractivity contribution >= 4 is 23.2 Å². The van der Waals surface area contributed by atoms with E-state index in [1.807, 2.05) is 24.0 Å². The molecule has 3 N–H and O–H groups in total. The number of pyridine rings is 1. The Hall–Kier alpha value is -3.36. The van der Waals surface area contributed by atoms with Crippen LogP contribution in [0.2, 0.25) is 0 Å². The highest BCUT2D eigenvalue weighted by molar-refractivity contribution is 5.94. The van der Waals surface area contributed by atoms with Crippen molar-refractivity contribution in [3.05, 3.63) is 47.9 Å². The van der Waals surface area contributed by atoms with Gasteiger partial charge in [-0.1, -0.05) is 12.1 Å². The van der Waals surface area contributed by atoms with Gasteiger partial charge in [-0.2, -0.15) is 0 Å². The zero-order valence-corrected chi connectivity index (χ0v) is 16.9. The molecule has 0 bridgehead atoms. The molecule has 9 heteroatoms. The molecule has 3 rings (SSSR count). The molecule has 0 aliphatic carbocycles. The normalized spacial score (nSPS) is 13.8. The fraction of sp³-hybridized carbons (Fsp3) is 0.381. The molecule has 30 heavy (non-hydrogen) atoms. The molecule has 1 fully saturated rings. The largest absolute Gasteiger partial charge is 0.478 e. The number of rotatable bonds is 8. The highest BCUT2D eigenvalue weighted by Gasteiger charge is 2.22. The zero-order chi connectivity index (χ0) is 21.5. The summed E-state index contributed by atoms with van der Waals surface area (Å²) in [6, 6.07) is 8.91. The SMILES string of the molecule is CCOc1cc(N2CCN(c3cccc(COC(=O)CC(=N)N)c3F)CC2)ccn1. The Kier molecular flexibility index (Phi) is 7.05. The van der Waals surface area contributed by atoms with E-state index >= 15 is 0 Å². The third-order valence-corrected chi connectivity index (χ3v) is 4.78. The van der Waals surface area contributed by atoms with E-state index in [1.54, 1.807) is 24.4 Å². The summed E-state index contributed by atoms with van der Waals surface area (Å²) in [6.45, 7) is 5.04. The first-order valence-electron chi connectivity index (χ1n) is 9.82. The number of hydrogen-bond donors (Lipinski definition) is 2. The summed E-state index contributed by atoms with van der Waals surface area (Å²) < 4.78 is 25.5. The van der Waals surface area contributed by atoms with E-state index in [0.29, 0.717) is 36.8 Å². The molecule has 0 atom stereocenters. The monoisotopic (exact) mass is 415 g/mol. The molecule has 2 heterocycles. The van der Waals surface area contributed by atoms with Crippen molar-refractivity contribution in [2.75, 3.05) is 42.6 Å². The summed E-state index contributed by atoms with van der Waals surface area (Å²) >= 11 is 0. The Bertz CT molecular complexity index is 900. The Labute approximate surface area is 174 Å². The Morgan fingerprint density at radius 2 is 1.97 bits per heavy atom. The number of ether oxygens (including phenoxy) is 2. The van der Waals surface area contributed by atoms with E-state index in [9.17, 15) is 9.18 Å². The highest BCUT2D eigenvalue weighted by Crippen LogP contribution is 2.26. The third kappa shape index (κ3) is 5.37. The number of nitrogens with two attached hydrogens (primary N) is 1. The van der Waals surface area contributed by atoms with Gasteiger partial charge in [-0.3, -0.25) is 10.2 Å². The van der Waals surface area contributed by atoms with Crippen LogP contribution in [0.5, 0.6) is 5.88 Å². The smallest absolute Gasteiger partial charge is 0.313 e. The van der Waals surface area contributed by atoms with Gasteiger partial charge in [-0.25, -0.2) is 9.37 Å². The first-order chi connectivity index (χ1) is 14.5. The molecule has 160 valence electrons. The van der Waals surface area contributed by atoms with Crippen LogP contribution in [0, 0.1) is 11.2 Å². The Morgan fingerprint density at radius 1 is 1.23 bits per heavy atom. The molecule has 0 radical (unpaired) electrons. The Morgan fingerprint density at radius 3 is 2.67 bits per heavy atom. The number of carbonyl (C=O) groups is 1. The second kappa shape index (κ2) is 9.91. The molecule has 1 saturated heterocycles.